The van der Waals surface area contributed by atoms with Gasteiger partial charge in [-0.3, -0.25) is 4.90 Å². The summed E-state index contributed by atoms with van der Waals surface area (Å²) >= 11 is 0. The molecule has 0 spiro atoms. The second-order valence-electron chi connectivity index (χ2n) is 5.78. The molecular weight excluding hydrogens is 323 g/mol. The molecule has 2 aromatic rings. The number of pyridine rings is 1. The van der Waals surface area contributed by atoms with Gasteiger partial charge in [0, 0.05) is 32.4 Å². The van der Waals surface area contributed by atoms with Gasteiger partial charge in [-0.05, 0) is 26.0 Å². The Labute approximate surface area is 137 Å². The minimum atomic E-state index is -4.36. The largest absolute Gasteiger partial charge is 0.416 e. The van der Waals surface area contributed by atoms with Gasteiger partial charge in [-0.15, -0.1) is 0 Å². The minimum absolute atomic E-state index is 0.0252. The fourth-order valence-corrected chi connectivity index (χ4v) is 2.74. The molecule has 1 atom stereocenters. The lowest BCUT2D eigenvalue weighted by atomic mass is 10.2. The zero-order valence-corrected chi connectivity index (χ0v) is 13.4. The average molecular weight is 341 g/mol. The quantitative estimate of drug-likeness (QED) is 0.855. The van der Waals surface area contributed by atoms with E-state index in [9.17, 15) is 13.2 Å². The van der Waals surface area contributed by atoms with Crippen molar-refractivity contribution in [2.45, 2.75) is 26.1 Å². The zero-order chi connectivity index (χ0) is 17.3. The Morgan fingerprint density at radius 3 is 2.50 bits per heavy atom. The number of aromatic nitrogens is 3. The molecule has 1 aliphatic heterocycles. The molecular formula is C15H18F3N5O. The van der Waals surface area contributed by atoms with Crippen LogP contribution in [0.4, 0.5) is 19.0 Å². The summed E-state index contributed by atoms with van der Waals surface area (Å²) in [6, 6.07) is 2.06. The van der Waals surface area contributed by atoms with Crippen molar-refractivity contribution < 1.29 is 17.7 Å². The standard InChI is InChI=1S/C15H18F3N5O/c1-10(14-20-11(2)21-24-14)22-5-7-23(8-6-22)13-9-12(3-4-19-13)15(16,17)18/h3-4,9-10H,5-8H2,1-2H3. The number of rotatable bonds is 3. The predicted octanol–water partition coefficient (Wildman–Crippen LogP) is 2.68. The Morgan fingerprint density at radius 2 is 1.92 bits per heavy atom. The van der Waals surface area contributed by atoms with Crippen LogP contribution >= 0.6 is 0 Å². The van der Waals surface area contributed by atoms with E-state index >= 15 is 0 Å². The molecule has 1 fully saturated rings. The summed E-state index contributed by atoms with van der Waals surface area (Å²) in [4.78, 5) is 12.3. The Bertz CT molecular complexity index is 694. The highest BCUT2D eigenvalue weighted by Crippen LogP contribution is 2.31. The summed E-state index contributed by atoms with van der Waals surface area (Å²) in [5.41, 5.74) is -0.676. The van der Waals surface area contributed by atoms with Gasteiger partial charge in [0.15, 0.2) is 5.82 Å². The SMILES string of the molecule is Cc1noc(C(C)N2CCN(c3cc(C(F)(F)F)ccn3)CC2)n1. The van der Waals surface area contributed by atoms with Gasteiger partial charge in [0.1, 0.15) is 5.82 Å². The maximum atomic E-state index is 12.8. The molecule has 1 saturated heterocycles. The summed E-state index contributed by atoms with van der Waals surface area (Å²) in [6.45, 7) is 6.28. The van der Waals surface area contributed by atoms with Gasteiger partial charge in [-0.2, -0.15) is 18.2 Å². The lowest BCUT2D eigenvalue weighted by molar-refractivity contribution is -0.137. The van der Waals surface area contributed by atoms with Crippen LogP contribution in [0.25, 0.3) is 0 Å². The van der Waals surface area contributed by atoms with Crippen LogP contribution in [0.2, 0.25) is 0 Å². The van der Waals surface area contributed by atoms with Crippen molar-refractivity contribution in [2.24, 2.45) is 0 Å². The van der Waals surface area contributed by atoms with E-state index in [0.717, 1.165) is 12.1 Å². The molecule has 3 rings (SSSR count). The Hall–Kier alpha value is -2.16. The number of piperazine rings is 1. The zero-order valence-electron chi connectivity index (χ0n) is 13.4. The topological polar surface area (TPSA) is 58.3 Å². The molecule has 1 aliphatic rings. The monoisotopic (exact) mass is 341 g/mol. The third-order valence-corrected chi connectivity index (χ3v) is 4.16. The van der Waals surface area contributed by atoms with E-state index in [1.165, 1.54) is 6.20 Å². The first kappa shape index (κ1) is 16.7. The van der Waals surface area contributed by atoms with Gasteiger partial charge >= 0.3 is 6.18 Å². The second-order valence-corrected chi connectivity index (χ2v) is 5.78. The highest BCUT2D eigenvalue weighted by Gasteiger charge is 2.32. The van der Waals surface area contributed by atoms with Crippen LogP contribution in [0.1, 0.15) is 30.2 Å². The molecule has 0 N–H and O–H groups in total. The van der Waals surface area contributed by atoms with Crippen molar-refractivity contribution in [3.05, 3.63) is 35.6 Å². The van der Waals surface area contributed by atoms with E-state index in [1.807, 2.05) is 11.8 Å². The van der Waals surface area contributed by atoms with Gasteiger partial charge in [-0.25, -0.2) is 4.98 Å². The van der Waals surface area contributed by atoms with Crippen molar-refractivity contribution in [2.75, 3.05) is 31.1 Å². The van der Waals surface area contributed by atoms with E-state index in [-0.39, 0.29) is 6.04 Å². The van der Waals surface area contributed by atoms with Crippen molar-refractivity contribution in [3.63, 3.8) is 0 Å². The van der Waals surface area contributed by atoms with Crippen LogP contribution in [-0.4, -0.2) is 46.2 Å². The number of nitrogens with zero attached hydrogens (tertiary/aromatic N) is 5. The summed E-state index contributed by atoms with van der Waals surface area (Å²) in [6.07, 6.45) is -3.15. The fraction of sp³-hybridized carbons (Fsp3) is 0.533. The number of anilines is 1. The Kier molecular flexibility index (Phi) is 4.44. The molecule has 9 heteroatoms. The first-order valence-electron chi connectivity index (χ1n) is 7.67. The number of aryl methyl sites for hydroxylation is 1. The number of hydrogen-bond acceptors (Lipinski definition) is 6. The number of hydrogen-bond donors (Lipinski definition) is 0. The maximum Gasteiger partial charge on any atom is 0.416 e. The number of alkyl halides is 3. The molecule has 6 nitrogen and oxygen atoms in total. The molecule has 2 aromatic heterocycles. The fourth-order valence-electron chi connectivity index (χ4n) is 2.74. The van der Waals surface area contributed by atoms with E-state index < -0.39 is 11.7 Å². The summed E-state index contributed by atoms with van der Waals surface area (Å²) in [5, 5.41) is 3.79. The first-order chi connectivity index (χ1) is 11.3. The van der Waals surface area contributed by atoms with Crippen molar-refractivity contribution >= 4 is 5.82 Å². The van der Waals surface area contributed by atoms with Crippen molar-refractivity contribution in [1.29, 1.82) is 0 Å². The molecule has 0 saturated carbocycles. The molecule has 3 heterocycles. The predicted molar refractivity (Wildman–Crippen MR) is 80.5 cm³/mol. The molecule has 1 unspecified atom stereocenters. The minimum Gasteiger partial charge on any atom is -0.354 e. The Morgan fingerprint density at radius 1 is 1.21 bits per heavy atom. The summed E-state index contributed by atoms with van der Waals surface area (Å²) < 4.78 is 43.6. The van der Waals surface area contributed by atoms with Gasteiger partial charge in [-0.1, -0.05) is 5.16 Å². The first-order valence-corrected chi connectivity index (χ1v) is 7.67. The molecule has 0 aromatic carbocycles. The molecule has 0 bridgehead atoms. The average Bonchev–Trinajstić information content (AvgIpc) is 3.00. The highest BCUT2D eigenvalue weighted by molar-refractivity contribution is 5.42. The van der Waals surface area contributed by atoms with Crippen LogP contribution in [0.5, 0.6) is 0 Å². The van der Waals surface area contributed by atoms with Crippen LogP contribution in [0.3, 0.4) is 0 Å². The van der Waals surface area contributed by atoms with Crippen LogP contribution in [0.15, 0.2) is 22.9 Å². The summed E-state index contributed by atoms with van der Waals surface area (Å²) in [5.74, 6) is 1.49. The Balaban J connectivity index is 1.65. The van der Waals surface area contributed by atoms with E-state index in [0.29, 0.717) is 43.7 Å². The van der Waals surface area contributed by atoms with E-state index in [2.05, 4.69) is 20.0 Å². The maximum absolute atomic E-state index is 12.8. The van der Waals surface area contributed by atoms with Crippen LogP contribution < -0.4 is 4.90 Å². The van der Waals surface area contributed by atoms with E-state index in [1.54, 1.807) is 6.92 Å². The smallest absolute Gasteiger partial charge is 0.354 e. The van der Waals surface area contributed by atoms with Gasteiger partial charge < -0.3 is 9.42 Å². The molecule has 0 aliphatic carbocycles. The summed E-state index contributed by atoms with van der Waals surface area (Å²) in [7, 11) is 0. The van der Waals surface area contributed by atoms with Crippen molar-refractivity contribution in [1.82, 2.24) is 20.0 Å². The lowest BCUT2D eigenvalue weighted by Crippen LogP contribution is -2.47. The number of halogens is 3. The van der Waals surface area contributed by atoms with Gasteiger partial charge in [0.05, 0.1) is 11.6 Å². The molecule has 0 amide bonds. The van der Waals surface area contributed by atoms with E-state index in [4.69, 9.17) is 4.52 Å². The van der Waals surface area contributed by atoms with Crippen molar-refractivity contribution in [3.8, 4) is 0 Å². The lowest BCUT2D eigenvalue weighted by Gasteiger charge is -2.37. The van der Waals surface area contributed by atoms with Crippen LogP contribution in [-0.2, 0) is 6.18 Å². The third kappa shape index (κ3) is 3.50. The van der Waals surface area contributed by atoms with Gasteiger partial charge in [0.25, 0.3) is 0 Å². The van der Waals surface area contributed by atoms with Gasteiger partial charge in [0.2, 0.25) is 5.89 Å². The van der Waals surface area contributed by atoms with Crippen LogP contribution in [0, 0.1) is 6.92 Å². The molecule has 24 heavy (non-hydrogen) atoms. The molecule has 0 radical (unpaired) electrons. The third-order valence-electron chi connectivity index (χ3n) is 4.16. The highest BCUT2D eigenvalue weighted by atomic mass is 19.4. The second kappa shape index (κ2) is 6.39. The normalized spacial score (nSPS) is 18.0. The molecule has 130 valence electrons.